The van der Waals surface area contributed by atoms with Gasteiger partial charge in [0.25, 0.3) is 0 Å². The molecule has 3 heteroatoms. The van der Waals surface area contributed by atoms with E-state index in [1.54, 1.807) is 6.08 Å². The minimum absolute atomic E-state index is 0.0149. The first kappa shape index (κ1) is 8.27. The molecule has 0 amide bonds. The van der Waals surface area contributed by atoms with Gasteiger partial charge in [0.2, 0.25) is 0 Å². The van der Waals surface area contributed by atoms with Gasteiger partial charge < -0.3 is 9.84 Å². The van der Waals surface area contributed by atoms with Crippen molar-refractivity contribution >= 4 is 5.97 Å². The van der Waals surface area contributed by atoms with E-state index in [1.807, 2.05) is 13.0 Å². The molecule has 0 saturated heterocycles. The summed E-state index contributed by atoms with van der Waals surface area (Å²) in [5.74, 6) is -0.903. The Bertz CT molecular complexity index is 174. The van der Waals surface area contributed by atoms with Gasteiger partial charge in [-0.3, -0.25) is 0 Å². The van der Waals surface area contributed by atoms with Gasteiger partial charge >= 0.3 is 5.97 Å². The minimum Gasteiger partial charge on any atom is -0.479 e. The third kappa shape index (κ3) is 2.05. The van der Waals surface area contributed by atoms with E-state index in [9.17, 15) is 4.79 Å². The quantitative estimate of drug-likeness (QED) is 0.624. The molecule has 1 aliphatic rings. The number of hydrogen-bond donors (Lipinski definition) is 1. The summed E-state index contributed by atoms with van der Waals surface area (Å²) in [6.45, 7) is 2.05. The fourth-order valence-corrected chi connectivity index (χ4v) is 1.09. The molecule has 0 saturated carbocycles. The van der Waals surface area contributed by atoms with Gasteiger partial charge in [-0.2, -0.15) is 0 Å². The molecule has 0 radical (unpaired) electrons. The van der Waals surface area contributed by atoms with Crippen molar-refractivity contribution in [2.45, 2.75) is 32.0 Å². The van der Waals surface area contributed by atoms with Crippen LogP contribution in [0.25, 0.3) is 0 Å². The maximum atomic E-state index is 10.4. The third-order valence-corrected chi connectivity index (χ3v) is 1.64. The van der Waals surface area contributed by atoms with Gasteiger partial charge in [0.15, 0.2) is 6.10 Å². The van der Waals surface area contributed by atoms with Gasteiger partial charge in [-0.15, -0.1) is 0 Å². The number of rotatable bonds is 3. The second-order valence-electron chi connectivity index (χ2n) is 2.61. The Morgan fingerprint density at radius 2 is 2.36 bits per heavy atom. The van der Waals surface area contributed by atoms with E-state index < -0.39 is 12.1 Å². The van der Waals surface area contributed by atoms with Crippen molar-refractivity contribution in [2.24, 2.45) is 0 Å². The summed E-state index contributed by atoms with van der Waals surface area (Å²) < 4.78 is 5.15. The Morgan fingerprint density at radius 1 is 1.64 bits per heavy atom. The Balaban J connectivity index is 2.36. The van der Waals surface area contributed by atoms with Crippen molar-refractivity contribution in [2.75, 3.05) is 0 Å². The van der Waals surface area contributed by atoms with Crippen LogP contribution in [0.3, 0.4) is 0 Å². The fraction of sp³-hybridized carbons (Fsp3) is 0.625. The lowest BCUT2D eigenvalue weighted by Crippen LogP contribution is -2.20. The van der Waals surface area contributed by atoms with Crippen LogP contribution in [0.5, 0.6) is 0 Å². The summed E-state index contributed by atoms with van der Waals surface area (Å²) in [4.78, 5) is 10.4. The van der Waals surface area contributed by atoms with Crippen LogP contribution in [0.4, 0.5) is 0 Å². The standard InChI is InChI=1S/C8H12O3/c1-2-3-6-4-5-7(11-6)8(9)10/h4-7H,2-3H2,1H3,(H,9,10). The normalized spacial score (nSPS) is 29.2. The van der Waals surface area contributed by atoms with Crippen molar-refractivity contribution in [3.8, 4) is 0 Å². The second-order valence-corrected chi connectivity index (χ2v) is 2.61. The highest BCUT2D eigenvalue weighted by Crippen LogP contribution is 2.15. The summed E-state index contributed by atoms with van der Waals surface area (Å²) in [5.41, 5.74) is 0. The summed E-state index contributed by atoms with van der Waals surface area (Å²) >= 11 is 0. The highest BCUT2D eigenvalue weighted by Gasteiger charge is 2.23. The van der Waals surface area contributed by atoms with Crippen molar-refractivity contribution in [1.82, 2.24) is 0 Å². The van der Waals surface area contributed by atoms with Crippen LogP contribution in [0.1, 0.15) is 19.8 Å². The van der Waals surface area contributed by atoms with Gasteiger partial charge in [0.1, 0.15) is 0 Å². The second kappa shape index (κ2) is 3.53. The van der Waals surface area contributed by atoms with Crippen LogP contribution in [-0.4, -0.2) is 23.3 Å². The molecular weight excluding hydrogens is 144 g/mol. The van der Waals surface area contributed by atoms with E-state index in [-0.39, 0.29) is 6.10 Å². The van der Waals surface area contributed by atoms with Gasteiger partial charge in [-0.05, 0) is 12.5 Å². The number of aliphatic carboxylic acids is 1. The van der Waals surface area contributed by atoms with Crippen LogP contribution >= 0.6 is 0 Å². The Hall–Kier alpha value is -0.830. The average Bonchev–Trinajstić information content (AvgIpc) is 2.37. The van der Waals surface area contributed by atoms with Crippen molar-refractivity contribution in [1.29, 1.82) is 0 Å². The molecule has 0 aromatic rings. The van der Waals surface area contributed by atoms with Gasteiger partial charge in [0, 0.05) is 0 Å². The highest BCUT2D eigenvalue weighted by atomic mass is 16.5. The van der Waals surface area contributed by atoms with E-state index in [2.05, 4.69) is 0 Å². The molecule has 0 spiro atoms. The van der Waals surface area contributed by atoms with E-state index in [4.69, 9.17) is 9.84 Å². The molecule has 1 heterocycles. The monoisotopic (exact) mass is 156 g/mol. The predicted octanol–water partition coefficient (Wildman–Crippen LogP) is 1.19. The van der Waals surface area contributed by atoms with Gasteiger partial charge in [0.05, 0.1) is 6.10 Å². The van der Waals surface area contributed by atoms with E-state index >= 15 is 0 Å². The molecule has 0 aromatic carbocycles. The zero-order valence-corrected chi connectivity index (χ0v) is 6.49. The fourth-order valence-electron chi connectivity index (χ4n) is 1.09. The molecule has 2 atom stereocenters. The first-order valence-corrected chi connectivity index (χ1v) is 3.80. The van der Waals surface area contributed by atoms with Crippen LogP contribution < -0.4 is 0 Å². The Morgan fingerprint density at radius 3 is 2.82 bits per heavy atom. The molecule has 0 aliphatic carbocycles. The van der Waals surface area contributed by atoms with Crippen LogP contribution in [0.15, 0.2) is 12.2 Å². The molecule has 1 aliphatic heterocycles. The molecule has 11 heavy (non-hydrogen) atoms. The molecule has 0 fully saturated rings. The maximum absolute atomic E-state index is 10.4. The molecule has 1 N–H and O–H groups in total. The summed E-state index contributed by atoms with van der Waals surface area (Å²) in [6, 6.07) is 0. The van der Waals surface area contributed by atoms with Crippen LogP contribution in [-0.2, 0) is 9.53 Å². The zero-order chi connectivity index (χ0) is 8.27. The molecular formula is C8H12O3. The maximum Gasteiger partial charge on any atom is 0.336 e. The lowest BCUT2D eigenvalue weighted by molar-refractivity contribution is -0.147. The van der Waals surface area contributed by atoms with Crippen LogP contribution in [0.2, 0.25) is 0 Å². The van der Waals surface area contributed by atoms with Crippen LogP contribution in [0, 0.1) is 0 Å². The van der Waals surface area contributed by atoms with Crippen molar-refractivity contribution in [3.05, 3.63) is 12.2 Å². The van der Waals surface area contributed by atoms with Gasteiger partial charge in [-0.25, -0.2) is 4.79 Å². The number of carboxylic acid groups (broad SMARTS) is 1. The first-order chi connectivity index (χ1) is 5.24. The first-order valence-electron chi connectivity index (χ1n) is 3.80. The van der Waals surface area contributed by atoms with Crippen molar-refractivity contribution < 1.29 is 14.6 Å². The minimum atomic E-state index is -0.903. The predicted molar refractivity (Wildman–Crippen MR) is 40.3 cm³/mol. The number of carboxylic acids is 1. The lowest BCUT2D eigenvalue weighted by Gasteiger charge is -2.08. The Labute approximate surface area is 65.7 Å². The molecule has 0 aromatic heterocycles. The summed E-state index contributed by atoms with van der Waals surface area (Å²) in [7, 11) is 0. The SMILES string of the molecule is CCCC1C=CC(C(=O)O)O1. The molecule has 0 bridgehead atoms. The largest absolute Gasteiger partial charge is 0.479 e. The molecule has 62 valence electrons. The number of hydrogen-bond acceptors (Lipinski definition) is 2. The summed E-state index contributed by atoms with van der Waals surface area (Å²) in [5, 5.41) is 8.52. The zero-order valence-electron chi connectivity index (χ0n) is 6.49. The number of ether oxygens (including phenoxy) is 1. The molecule has 1 rings (SSSR count). The van der Waals surface area contributed by atoms with E-state index in [1.165, 1.54) is 0 Å². The molecule has 2 unspecified atom stereocenters. The topological polar surface area (TPSA) is 46.5 Å². The smallest absolute Gasteiger partial charge is 0.336 e. The van der Waals surface area contributed by atoms with E-state index in [0.717, 1.165) is 12.8 Å². The lowest BCUT2D eigenvalue weighted by atomic mass is 10.2. The third-order valence-electron chi connectivity index (χ3n) is 1.64. The average molecular weight is 156 g/mol. The number of carbonyl (C=O) groups is 1. The van der Waals surface area contributed by atoms with E-state index in [0.29, 0.717) is 0 Å². The van der Waals surface area contributed by atoms with Gasteiger partial charge in [-0.1, -0.05) is 19.4 Å². The Kier molecular flexibility index (Phi) is 2.65. The molecule has 3 nitrogen and oxygen atoms in total. The highest BCUT2D eigenvalue weighted by molar-refractivity contribution is 5.75. The summed E-state index contributed by atoms with van der Waals surface area (Å²) in [6.07, 6.45) is 4.64. The van der Waals surface area contributed by atoms with Crippen molar-refractivity contribution in [3.63, 3.8) is 0 Å².